The third-order valence-electron chi connectivity index (χ3n) is 3.19. The molecule has 0 bridgehead atoms. The van der Waals surface area contributed by atoms with Gasteiger partial charge in [0.1, 0.15) is 6.04 Å². The van der Waals surface area contributed by atoms with Gasteiger partial charge in [0, 0.05) is 31.5 Å². The Morgan fingerprint density at radius 3 is 3.19 bits per heavy atom. The molecule has 0 radical (unpaired) electrons. The topological polar surface area (TPSA) is 84.2 Å². The summed E-state index contributed by atoms with van der Waals surface area (Å²) in [6.07, 6.45) is 7.13. The number of carbonyl (C=O) groups excluding carboxylic acids is 1. The molecule has 1 aliphatic heterocycles. The molecule has 7 nitrogen and oxygen atoms in total. The third-order valence-corrected chi connectivity index (χ3v) is 3.19. The number of hydrogen-bond donors (Lipinski definition) is 1. The summed E-state index contributed by atoms with van der Waals surface area (Å²) in [6, 6.07) is 3.39. The molecule has 0 fully saturated rings. The molecule has 3 rings (SSSR count). The summed E-state index contributed by atoms with van der Waals surface area (Å²) < 4.78 is 5.18. The highest BCUT2D eigenvalue weighted by Gasteiger charge is 2.22. The van der Waals surface area contributed by atoms with Gasteiger partial charge in [-0.15, -0.1) is 0 Å². The number of rotatable bonds is 4. The van der Waals surface area contributed by atoms with E-state index in [1.54, 1.807) is 30.4 Å². The normalized spacial score (nSPS) is 17.1. The monoisotopic (exact) mass is 285 g/mol. The second-order valence-corrected chi connectivity index (χ2v) is 4.76. The Morgan fingerprint density at radius 1 is 1.57 bits per heavy atom. The van der Waals surface area contributed by atoms with E-state index in [0.29, 0.717) is 11.7 Å². The molecule has 0 spiro atoms. The van der Waals surface area contributed by atoms with Gasteiger partial charge in [0.05, 0.1) is 6.54 Å². The highest BCUT2D eigenvalue weighted by Crippen LogP contribution is 2.14. The number of nitrogens with one attached hydrogen (secondary N) is 1. The third kappa shape index (κ3) is 2.97. The van der Waals surface area contributed by atoms with Crippen LogP contribution in [0, 0.1) is 0 Å². The van der Waals surface area contributed by atoms with Crippen molar-refractivity contribution in [3.8, 4) is 11.4 Å². The van der Waals surface area contributed by atoms with E-state index >= 15 is 0 Å². The molecule has 108 valence electrons. The summed E-state index contributed by atoms with van der Waals surface area (Å²) in [5.41, 5.74) is 0.780. The molecule has 0 aliphatic carbocycles. The Hall–Kier alpha value is -2.54. The van der Waals surface area contributed by atoms with Crippen molar-refractivity contribution >= 4 is 5.91 Å². The van der Waals surface area contributed by atoms with Crippen LogP contribution in [0.5, 0.6) is 0 Å². The van der Waals surface area contributed by atoms with Crippen LogP contribution in [0.1, 0.15) is 5.89 Å². The van der Waals surface area contributed by atoms with Gasteiger partial charge in [-0.2, -0.15) is 4.98 Å². The van der Waals surface area contributed by atoms with E-state index in [2.05, 4.69) is 20.4 Å². The molecular weight excluding hydrogens is 270 g/mol. The summed E-state index contributed by atoms with van der Waals surface area (Å²) in [5, 5.41) is 6.98. The van der Waals surface area contributed by atoms with Crippen LogP contribution in [0.15, 0.2) is 41.2 Å². The summed E-state index contributed by atoms with van der Waals surface area (Å²) in [4.78, 5) is 22.0. The van der Waals surface area contributed by atoms with Gasteiger partial charge in [0.15, 0.2) is 0 Å². The maximum atomic E-state index is 12.1. The number of likely N-dealkylation sites (N-methyl/N-ethyl adjacent to an activating group) is 1. The Morgan fingerprint density at radius 2 is 2.48 bits per heavy atom. The van der Waals surface area contributed by atoms with Gasteiger partial charge in [0.25, 0.3) is 0 Å². The largest absolute Gasteiger partial charge is 0.337 e. The highest BCUT2D eigenvalue weighted by atomic mass is 16.5. The Kier molecular flexibility index (Phi) is 3.74. The average molecular weight is 285 g/mol. The molecular formula is C14H15N5O2. The molecule has 3 heterocycles. The summed E-state index contributed by atoms with van der Waals surface area (Å²) in [7, 11) is 1.71. The molecule has 1 atom stereocenters. The summed E-state index contributed by atoms with van der Waals surface area (Å²) >= 11 is 0. The lowest BCUT2D eigenvalue weighted by molar-refractivity contribution is -0.131. The molecule has 21 heavy (non-hydrogen) atoms. The second-order valence-electron chi connectivity index (χ2n) is 4.76. The Balaban J connectivity index is 1.67. The SMILES string of the molecule is CN(Cc1nc(-c2cccnc2)no1)C(=O)[C@@H]1C=CCN1. The first kappa shape index (κ1) is 13.4. The van der Waals surface area contributed by atoms with Gasteiger partial charge in [-0.05, 0) is 12.1 Å². The van der Waals surface area contributed by atoms with Crippen molar-refractivity contribution in [2.75, 3.05) is 13.6 Å². The molecule has 0 aromatic carbocycles. The Labute approximate surface area is 121 Å². The van der Waals surface area contributed by atoms with Gasteiger partial charge < -0.3 is 9.42 Å². The molecule has 0 saturated carbocycles. The zero-order valence-corrected chi connectivity index (χ0v) is 11.6. The molecule has 1 N–H and O–H groups in total. The maximum absolute atomic E-state index is 12.1. The quantitative estimate of drug-likeness (QED) is 0.829. The van der Waals surface area contributed by atoms with Crippen molar-refractivity contribution in [3.63, 3.8) is 0 Å². The van der Waals surface area contributed by atoms with Crippen molar-refractivity contribution in [1.82, 2.24) is 25.3 Å². The van der Waals surface area contributed by atoms with Gasteiger partial charge in [-0.3, -0.25) is 15.1 Å². The number of amides is 1. The molecule has 1 amide bonds. The predicted octanol–water partition coefficient (Wildman–Crippen LogP) is 0.618. The first-order chi connectivity index (χ1) is 10.2. The van der Waals surface area contributed by atoms with Crippen LogP contribution in [-0.2, 0) is 11.3 Å². The van der Waals surface area contributed by atoms with E-state index in [1.807, 2.05) is 18.2 Å². The van der Waals surface area contributed by atoms with Crippen molar-refractivity contribution in [2.24, 2.45) is 0 Å². The number of aromatic nitrogens is 3. The lowest BCUT2D eigenvalue weighted by atomic mass is 10.2. The fraction of sp³-hybridized carbons (Fsp3) is 0.286. The van der Waals surface area contributed by atoms with Crippen molar-refractivity contribution in [1.29, 1.82) is 0 Å². The van der Waals surface area contributed by atoms with Crippen LogP contribution in [0.25, 0.3) is 11.4 Å². The van der Waals surface area contributed by atoms with Crippen LogP contribution in [0.3, 0.4) is 0 Å². The molecule has 2 aromatic rings. The van der Waals surface area contributed by atoms with E-state index in [-0.39, 0.29) is 18.5 Å². The van der Waals surface area contributed by atoms with E-state index in [0.717, 1.165) is 12.1 Å². The van der Waals surface area contributed by atoms with Gasteiger partial charge in [0.2, 0.25) is 17.6 Å². The molecule has 0 unspecified atom stereocenters. The first-order valence-corrected chi connectivity index (χ1v) is 6.62. The van der Waals surface area contributed by atoms with Crippen molar-refractivity contribution in [2.45, 2.75) is 12.6 Å². The average Bonchev–Trinajstić information content (AvgIpc) is 3.19. The molecule has 7 heteroatoms. The minimum absolute atomic E-state index is 0.0233. The van der Waals surface area contributed by atoms with Crippen molar-refractivity contribution < 1.29 is 9.32 Å². The minimum atomic E-state index is -0.268. The van der Waals surface area contributed by atoms with Gasteiger partial charge in [-0.1, -0.05) is 17.3 Å². The van der Waals surface area contributed by atoms with E-state index in [9.17, 15) is 4.79 Å². The molecule has 2 aromatic heterocycles. The first-order valence-electron chi connectivity index (χ1n) is 6.62. The van der Waals surface area contributed by atoms with Crippen LogP contribution >= 0.6 is 0 Å². The minimum Gasteiger partial charge on any atom is -0.337 e. The Bertz CT molecular complexity index is 652. The predicted molar refractivity (Wildman–Crippen MR) is 74.9 cm³/mol. The molecule has 0 saturated heterocycles. The molecule has 1 aliphatic rings. The fourth-order valence-corrected chi connectivity index (χ4v) is 2.09. The van der Waals surface area contributed by atoms with Gasteiger partial charge in [-0.25, -0.2) is 0 Å². The smallest absolute Gasteiger partial charge is 0.246 e. The highest BCUT2D eigenvalue weighted by molar-refractivity contribution is 5.84. The van der Waals surface area contributed by atoms with E-state index < -0.39 is 0 Å². The number of hydrogen-bond acceptors (Lipinski definition) is 6. The van der Waals surface area contributed by atoms with Crippen molar-refractivity contribution in [3.05, 3.63) is 42.6 Å². The zero-order valence-electron chi connectivity index (χ0n) is 11.6. The number of nitrogens with zero attached hydrogens (tertiary/aromatic N) is 4. The number of carbonyl (C=O) groups is 1. The lowest BCUT2D eigenvalue weighted by Gasteiger charge is -2.18. The number of pyridine rings is 1. The second kappa shape index (κ2) is 5.84. The van der Waals surface area contributed by atoms with E-state index in [1.165, 1.54) is 0 Å². The van der Waals surface area contributed by atoms with Crippen LogP contribution in [-0.4, -0.2) is 45.6 Å². The lowest BCUT2D eigenvalue weighted by Crippen LogP contribution is -2.41. The maximum Gasteiger partial charge on any atom is 0.246 e. The van der Waals surface area contributed by atoms with Crippen LogP contribution < -0.4 is 5.32 Å². The fourth-order valence-electron chi connectivity index (χ4n) is 2.09. The van der Waals surface area contributed by atoms with Gasteiger partial charge >= 0.3 is 0 Å². The summed E-state index contributed by atoms with van der Waals surface area (Å²) in [5.74, 6) is 0.842. The van der Waals surface area contributed by atoms with Crippen LogP contribution in [0.2, 0.25) is 0 Å². The summed E-state index contributed by atoms with van der Waals surface area (Å²) in [6.45, 7) is 0.994. The van der Waals surface area contributed by atoms with E-state index in [4.69, 9.17) is 4.52 Å². The van der Waals surface area contributed by atoms with Crippen LogP contribution in [0.4, 0.5) is 0 Å². The standard InChI is InChI=1S/C14H15N5O2/c1-19(14(20)11-5-3-7-16-11)9-12-17-13(18-21-12)10-4-2-6-15-8-10/h2-6,8,11,16H,7,9H2,1H3/t11-/m0/s1. The zero-order chi connectivity index (χ0) is 14.7.